The minimum Gasteiger partial charge on any atom is -0.349 e. The second kappa shape index (κ2) is 7.87. The summed E-state index contributed by atoms with van der Waals surface area (Å²) in [6.45, 7) is 3.68. The number of imidazole rings is 1. The Labute approximate surface area is 179 Å². The molecule has 0 spiro atoms. The van der Waals surface area contributed by atoms with Gasteiger partial charge in [0, 0.05) is 29.8 Å². The first kappa shape index (κ1) is 19.3. The van der Waals surface area contributed by atoms with Crippen molar-refractivity contribution in [2.75, 3.05) is 13.1 Å². The Kier molecular flexibility index (Phi) is 5.06. The third-order valence-corrected chi connectivity index (χ3v) is 7.41. The average molecular weight is 423 g/mol. The standard InChI is InChI=1S/C23H26N4O2S/c1-14(19-9-10-20(30-19)23(29)27-11-5-2-6-12-27)24-22(28)16-13-15(16)21-25-17-7-3-4-8-18(17)26-21/h3-4,7-10,14-16H,2,5-6,11-13H2,1H3,(H,24,28)(H,25,26)/t14?,15-,16-/m1/s1. The lowest BCUT2D eigenvalue weighted by Crippen LogP contribution is -2.35. The van der Waals surface area contributed by atoms with Crippen LogP contribution in [0.2, 0.25) is 0 Å². The number of thiophene rings is 1. The van der Waals surface area contributed by atoms with Crippen molar-refractivity contribution in [3.05, 3.63) is 52.0 Å². The number of aromatic amines is 1. The van der Waals surface area contributed by atoms with Crippen LogP contribution >= 0.6 is 11.3 Å². The molecule has 1 aromatic carbocycles. The summed E-state index contributed by atoms with van der Waals surface area (Å²) in [5, 5.41) is 3.13. The number of para-hydroxylation sites is 2. The third-order valence-electron chi connectivity index (χ3n) is 6.15. The predicted octanol–water partition coefficient (Wildman–Crippen LogP) is 4.23. The zero-order valence-corrected chi connectivity index (χ0v) is 17.9. The number of benzene rings is 1. The molecular formula is C23H26N4O2S. The molecule has 1 saturated heterocycles. The molecule has 6 nitrogen and oxygen atoms in total. The highest BCUT2D eigenvalue weighted by Crippen LogP contribution is 2.47. The molecule has 7 heteroatoms. The minimum absolute atomic E-state index is 0.0394. The SMILES string of the molecule is CC(NC(=O)[C@@H]1C[C@H]1c1nc2ccccc2[nH]1)c1ccc(C(=O)N2CCCCC2)s1. The van der Waals surface area contributed by atoms with E-state index in [1.165, 1.54) is 17.8 Å². The molecular weight excluding hydrogens is 396 g/mol. The molecule has 156 valence electrons. The number of nitrogens with zero attached hydrogens (tertiary/aromatic N) is 2. The van der Waals surface area contributed by atoms with Crippen LogP contribution in [0.3, 0.4) is 0 Å². The van der Waals surface area contributed by atoms with E-state index in [0.29, 0.717) is 0 Å². The molecule has 3 atom stereocenters. The lowest BCUT2D eigenvalue weighted by molar-refractivity contribution is -0.123. The first-order valence-electron chi connectivity index (χ1n) is 10.7. The minimum atomic E-state index is -0.109. The van der Waals surface area contributed by atoms with Crippen molar-refractivity contribution in [2.24, 2.45) is 5.92 Å². The van der Waals surface area contributed by atoms with Gasteiger partial charge in [-0.05, 0) is 56.9 Å². The number of H-pyrrole nitrogens is 1. The molecule has 3 aromatic rings. The number of hydrogen-bond acceptors (Lipinski definition) is 4. The molecule has 5 rings (SSSR count). The number of aromatic nitrogens is 2. The summed E-state index contributed by atoms with van der Waals surface area (Å²) < 4.78 is 0. The Hall–Kier alpha value is -2.67. The highest BCUT2D eigenvalue weighted by molar-refractivity contribution is 7.14. The van der Waals surface area contributed by atoms with Crippen LogP contribution in [0.25, 0.3) is 11.0 Å². The van der Waals surface area contributed by atoms with Crippen LogP contribution in [-0.2, 0) is 4.79 Å². The van der Waals surface area contributed by atoms with Gasteiger partial charge >= 0.3 is 0 Å². The third kappa shape index (κ3) is 3.74. The predicted molar refractivity (Wildman–Crippen MR) is 118 cm³/mol. The van der Waals surface area contributed by atoms with Gasteiger partial charge in [-0.15, -0.1) is 11.3 Å². The molecule has 2 aromatic heterocycles. The summed E-state index contributed by atoms with van der Waals surface area (Å²) in [5.41, 5.74) is 1.95. The summed E-state index contributed by atoms with van der Waals surface area (Å²) in [6, 6.07) is 11.7. The van der Waals surface area contributed by atoms with E-state index in [1.807, 2.05) is 48.2 Å². The number of carbonyl (C=O) groups excluding carboxylic acids is 2. The van der Waals surface area contributed by atoms with Crippen LogP contribution in [-0.4, -0.2) is 39.8 Å². The van der Waals surface area contributed by atoms with E-state index in [2.05, 4.69) is 15.3 Å². The molecule has 0 radical (unpaired) electrons. The lowest BCUT2D eigenvalue weighted by atomic mass is 10.1. The van der Waals surface area contributed by atoms with Gasteiger partial charge < -0.3 is 15.2 Å². The van der Waals surface area contributed by atoms with Crippen LogP contribution in [0, 0.1) is 5.92 Å². The molecule has 30 heavy (non-hydrogen) atoms. The number of nitrogens with one attached hydrogen (secondary N) is 2. The van der Waals surface area contributed by atoms with Gasteiger partial charge in [0.2, 0.25) is 5.91 Å². The summed E-state index contributed by atoms with van der Waals surface area (Å²) in [5.74, 6) is 1.20. The van der Waals surface area contributed by atoms with Gasteiger partial charge in [-0.3, -0.25) is 9.59 Å². The van der Waals surface area contributed by atoms with Gasteiger partial charge in [0.1, 0.15) is 5.82 Å². The summed E-state index contributed by atoms with van der Waals surface area (Å²) in [6.07, 6.45) is 4.20. The van der Waals surface area contributed by atoms with Gasteiger partial charge in [0.25, 0.3) is 5.91 Å². The molecule has 2 aliphatic rings. The molecule has 3 heterocycles. The Balaban J connectivity index is 1.19. The molecule has 2 N–H and O–H groups in total. The van der Waals surface area contributed by atoms with Crippen molar-refractivity contribution in [1.29, 1.82) is 0 Å². The largest absolute Gasteiger partial charge is 0.349 e. The molecule has 2 fully saturated rings. The van der Waals surface area contributed by atoms with E-state index in [1.54, 1.807) is 0 Å². The number of likely N-dealkylation sites (tertiary alicyclic amines) is 1. The lowest BCUT2D eigenvalue weighted by Gasteiger charge is -2.26. The van der Waals surface area contributed by atoms with Crippen LogP contribution in [0.1, 0.15) is 64.9 Å². The van der Waals surface area contributed by atoms with Crippen molar-refractivity contribution in [2.45, 2.75) is 44.6 Å². The maximum absolute atomic E-state index is 12.8. The van der Waals surface area contributed by atoms with Gasteiger partial charge in [0.05, 0.1) is 22.0 Å². The number of hydrogen-bond donors (Lipinski definition) is 2. The van der Waals surface area contributed by atoms with Gasteiger partial charge in [-0.2, -0.15) is 0 Å². The van der Waals surface area contributed by atoms with Gasteiger partial charge in [-0.1, -0.05) is 12.1 Å². The van der Waals surface area contributed by atoms with E-state index in [0.717, 1.165) is 59.0 Å². The Morgan fingerprint density at radius 3 is 2.77 bits per heavy atom. The monoisotopic (exact) mass is 422 g/mol. The van der Waals surface area contributed by atoms with Crippen molar-refractivity contribution < 1.29 is 9.59 Å². The second-order valence-corrected chi connectivity index (χ2v) is 9.49. The Bertz CT molecular complexity index is 1050. The molecule has 1 saturated carbocycles. The smallest absolute Gasteiger partial charge is 0.263 e. The maximum Gasteiger partial charge on any atom is 0.263 e. The first-order chi connectivity index (χ1) is 14.6. The number of amides is 2. The van der Waals surface area contributed by atoms with E-state index >= 15 is 0 Å². The number of carbonyl (C=O) groups is 2. The summed E-state index contributed by atoms with van der Waals surface area (Å²) in [4.78, 5) is 37.2. The topological polar surface area (TPSA) is 78.1 Å². The van der Waals surface area contributed by atoms with Crippen LogP contribution in [0.15, 0.2) is 36.4 Å². The molecule has 0 bridgehead atoms. The van der Waals surface area contributed by atoms with Gasteiger partial charge in [-0.25, -0.2) is 4.98 Å². The highest BCUT2D eigenvalue weighted by Gasteiger charge is 2.46. The molecule has 1 aliphatic heterocycles. The first-order valence-corrected chi connectivity index (χ1v) is 11.6. The van der Waals surface area contributed by atoms with Crippen LogP contribution < -0.4 is 5.32 Å². The van der Waals surface area contributed by atoms with E-state index < -0.39 is 0 Å². The van der Waals surface area contributed by atoms with E-state index in [-0.39, 0.29) is 29.7 Å². The summed E-state index contributed by atoms with van der Waals surface area (Å²) >= 11 is 1.49. The van der Waals surface area contributed by atoms with Crippen molar-refractivity contribution >= 4 is 34.2 Å². The quantitative estimate of drug-likeness (QED) is 0.646. The molecule has 1 aliphatic carbocycles. The fourth-order valence-corrected chi connectivity index (χ4v) is 5.26. The fraction of sp³-hybridized carbons (Fsp3) is 0.435. The van der Waals surface area contributed by atoms with Crippen LogP contribution in [0.5, 0.6) is 0 Å². The Morgan fingerprint density at radius 1 is 1.17 bits per heavy atom. The normalized spacial score (nSPS) is 22.1. The number of rotatable bonds is 5. The van der Waals surface area contributed by atoms with Crippen molar-refractivity contribution in [1.82, 2.24) is 20.2 Å². The summed E-state index contributed by atoms with van der Waals surface area (Å²) in [7, 11) is 0. The molecule has 2 amide bonds. The number of fused-ring (bicyclic) bond motifs is 1. The van der Waals surface area contributed by atoms with E-state index in [9.17, 15) is 9.59 Å². The van der Waals surface area contributed by atoms with Crippen molar-refractivity contribution in [3.8, 4) is 0 Å². The zero-order chi connectivity index (χ0) is 20.7. The van der Waals surface area contributed by atoms with Crippen molar-refractivity contribution in [3.63, 3.8) is 0 Å². The molecule has 1 unspecified atom stereocenters. The van der Waals surface area contributed by atoms with Gasteiger partial charge in [0.15, 0.2) is 0 Å². The fourth-order valence-electron chi connectivity index (χ4n) is 4.28. The highest BCUT2D eigenvalue weighted by atomic mass is 32.1. The average Bonchev–Trinajstić information content (AvgIpc) is 3.21. The Morgan fingerprint density at radius 2 is 1.97 bits per heavy atom. The zero-order valence-electron chi connectivity index (χ0n) is 17.1. The number of piperidine rings is 1. The second-order valence-electron chi connectivity index (χ2n) is 8.37. The van der Waals surface area contributed by atoms with Crippen LogP contribution in [0.4, 0.5) is 0 Å². The maximum atomic E-state index is 12.8. The van der Waals surface area contributed by atoms with E-state index in [4.69, 9.17) is 0 Å².